The van der Waals surface area contributed by atoms with E-state index in [-0.39, 0.29) is 0 Å². The van der Waals surface area contributed by atoms with E-state index >= 15 is 0 Å². The topological polar surface area (TPSA) is 28.7 Å². The predicted octanol–water partition coefficient (Wildman–Crippen LogP) is 2.35. The summed E-state index contributed by atoms with van der Waals surface area (Å²) in [6.45, 7) is 4.36. The highest BCUT2D eigenvalue weighted by molar-refractivity contribution is 6.16. The van der Waals surface area contributed by atoms with Crippen LogP contribution in [0.1, 0.15) is 25.4 Å². The summed E-state index contributed by atoms with van der Waals surface area (Å²) >= 11 is 5.58. The summed E-state index contributed by atoms with van der Waals surface area (Å²) in [5.74, 6) is 2.00. The Balaban J connectivity index is 2.58. The Labute approximate surface area is 72.0 Å². The molecule has 1 N–H and O–H groups in total. The van der Waals surface area contributed by atoms with Gasteiger partial charge in [0.2, 0.25) is 0 Å². The first kappa shape index (κ1) is 8.60. The fourth-order valence-corrected chi connectivity index (χ4v) is 1.15. The smallest absolute Gasteiger partial charge is 0.121 e. The fourth-order valence-electron chi connectivity index (χ4n) is 1.02. The molecule has 1 aromatic heterocycles. The maximum atomic E-state index is 5.58. The van der Waals surface area contributed by atoms with Crippen LogP contribution in [0.15, 0.2) is 6.20 Å². The molecule has 1 rings (SSSR count). The standard InChI is InChI=1S/C8H13ClN2/c1-6(2)3-7-5-10-8(4-9)11-7/h5-6H,3-4H2,1-2H3,(H,10,11). The Kier molecular flexibility index (Phi) is 2.94. The second kappa shape index (κ2) is 3.77. The summed E-state index contributed by atoms with van der Waals surface area (Å²) in [7, 11) is 0. The van der Waals surface area contributed by atoms with Crippen molar-refractivity contribution in [1.82, 2.24) is 9.97 Å². The van der Waals surface area contributed by atoms with Gasteiger partial charge in [-0.1, -0.05) is 13.8 Å². The van der Waals surface area contributed by atoms with Crippen molar-refractivity contribution in [2.24, 2.45) is 5.92 Å². The summed E-state index contributed by atoms with van der Waals surface area (Å²) < 4.78 is 0. The van der Waals surface area contributed by atoms with Crippen LogP contribution in [-0.4, -0.2) is 9.97 Å². The molecule has 62 valence electrons. The fraction of sp³-hybridized carbons (Fsp3) is 0.625. The summed E-state index contributed by atoms with van der Waals surface area (Å²) in [6, 6.07) is 0. The molecule has 0 aliphatic rings. The van der Waals surface area contributed by atoms with Crippen LogP contribution < -0.4 is 0 Å². The average Bonchev–Trinajstić information content (AvgIpc) is 2.34. The lowest BCUT2D eigenvalue weighted by molar-refractivity contribution is 0.637. The molecular formula is C8H13ClN2. The lowest BCUT2D eigenvalue weighted by Gasteiger charge is -1.99. The first-order valence-corrected chi connectivity index (χ1v) is 4.34. The lowest BCUT2D eigenvalue weighted by atomic mass is 10.1. The van der Waals surface area contributed by atoms with Crippen LogP contribution in [0.3, 0.4) is 0 Å². The van der Waals surface area contributed by atoms with E-state index in [9.17, 15) is 0 Å². The van der Waals surface area contributed by atoms with Gasteiger partial charge in [-0.15, -0.1) is 11.6 Å². The van der Waals surface area contributed by atoms with Gasteiger partial charge in [0.15, 0.2) is 0 Å². The molecule has 0 atom stereocenters. The van der Waals surface area contributed by atoms with E-state index in [0.717, 1.165) is 12.2 Å². The number of H-pyrrole nitrogens is 1. The number of hydrogen-bond donors (Lipinski definition) is 1. The van der Waals surface area contributed by atoms with Crippen molar-refractivity contribution in [2.75, 3.05) is 0 Å². The SMILES string of the molecule is CC(C)Cc1cnc(CCl)[nH]1. The van der Waals surface area contributed by atoms with Crippen molar-refractivity contribution >= 4 is 11.6 Å². The highest BCUT2D eigenvalue weighted by atomic mass is 35.5. The average molecular weight is 173 g/mol. The predicted molar refractivity (Wildman–Crippen MR) is 46.7 cm³/mol. The molecule has 2 nitrogen and oxygen atoms in total. The van der Waals surface area contributed by atoms with E-state index in [4.69, 9.17) is 11.6 Å². The third kappa shape index (κ3) is 2.54. The minimum Gasteiger partial charge on any atom is -0.345 e. The third-order valence-electron chi connectivity index (χ3n) is 1.44. The van der Waals surface area contributed by atoms with Gasteiger partial charge in [0.25, 0.3) is 0 Å². The van der Waals surface area contributed by atoms with Crippen molar-refractivity contribution in [3.63, 3.8) is 0 Å². The van der Waals surface area contributed by atoms with Crippen molar-refractivity contribution in [2.45, 2.75) is 26.1 Å². The molecule has 0 radical (unpaired) electrons. The van der Waals surface area contributed by atoms with Gasteiger partial charge in [0.05, 0.1) is 5.88 Å². The monoisotopic (exact) mass is 172 g/mol. The number of hydrogen-bond acceptors (Lipinski definition) is 1. The number of alkyl halides is 1. The Morgan fingerprint density at radius 1 is 1.64 bits per heavy atom. The van der Waals surface area contributed by atoms with Gasteiger partial charge in [0.1, 0.15) is 5.82 Å². The second-order valence-corrected chi connectivity index (χ2v) is 3.35. The van der Waals surface area contributed by atoms with Gasteiger partial charge < -0.3 is 4.98 Å². The van der Waals surface area contributed by atoms with Crippen LogP contribution in [0.25, 0.3) is 0 Å². The first-order valence-electron chi connectivity index (χ1n) is 3.81. The molecular weight excluding hydrogens is 160 g/mol. The number of aromatic nitrogens is 2. The minimum atomic E-state index is 0.470. The van der Waals surface area contributed by atoms with Crippen LogP contribution in [0.5, 0.6) is 0 Å². The summed E-state index contributed by atoms with van der Waals surface area (Å²) in [6.07, 6.45) is 2.90. The van der Waals surface area contributed by atoms with Gasteiger partial charge in [0, 0.05) is 11.9 Å². The van der Waals surface area contributed by atoms with Crippen LogP contribution in [0, 0.1) is 5.92 Å². The molecule has 0 amide bonds. The van der Waals surface area contributed by atoms with Crippen molar-refractivity contribution in [3.8, 4) is 0 Å². The summed E-state index contributed by atoms with van der Waals surface area (Å²) in [4.78, 5) is 7.25. The lowest BCUT2D eigenvalue weighted by Crippen LogP contribution is -1.93. The number of nitrogens with one attached hydrogen (secondary N) is 1. The molecule has 0 aromatic carbocycles. The molecule has 0 aliphatic carbocycles. The van der Waals surface area contributed by atoms with E-state index in [2.05, 4.69) is 23.8 Å². The highest BCUT2D eigenvalue weighted by Crippen LogP contribution is 2.06. The molecule has 11 heavy (non-hydrogen) atoms. The molecule has 0 fully saturated rings. The van der Waals surface area contributed by atoms with Gasteiger partial charge in [-0.25, -0.2) is 4.98 Å². The quantitative estimate of drug-likeness (QED) is 0.697. The summed E-state index contributed by atoms with van der Waals surface area (Å²) in [5, 5.41) is 0. The van der Waals surface area contributed by atoms with Crippen LogP contribution >= 0.6 is 11.6 Å². The molecule has 0 saturated carbocycles. The van der Waals surface area contributed by atoms with Gasteiger partial charge >= 0.3 is 0 Å². The molecule has 0 aliphatic heterocycles. The molecule has 3 heteroatoms. The van der Waals surface area contributed by atoms with Crippen LogP contribution in [0.2, 0.25) is 0 Å². The van der Waals surface area contributed by atoms with E-state index in [0.29, 0.717) is 11.8 Å². The minimum absolute atomic E-state index is 0.470. The number of rotatable bonds is 3. The normalized spacial score (nSPS) is 10.9. The molecule has 0 saturated heterocycles. The van der Waals surface area contributed by atoms with Crippen LogP contribution in [0.4, 0.5) is 0 Å². The van der Waals surface area contributed by atoms with Crippen LogP contribution in [-0.2, 0) is 12.3 Å². The Morgan fingerprint density at radius 3 is 2.82 bits per heavy atom. The van der Waals surface area contributed by atoms with Crippen molar-refractivity contribution in [3.05, 3.63) is 17.7 Å². The van der Waals surface area contributed by atoms with E-state index in [1.54, 1.807) is 0 Å². The maximum Gasteiger partial charge on any atom is 0.121 e. The van der Waals surface area contributed by atoms with Crippen molar-refractivity contribution in [1.29, 1.82) is 0 Å². The van der Waals surface area contributed by atoms with E-state index in [1.165, 1.54) is 5.69 Å². The molecule has 0 unspecified atom stereocenters. The number of nitrogens with zero attached hydrogens (tertiary/aromatic N) is 1. The van der Waals surface area contributed by atoms with Gasteiger partial charge in [-0.05, 0) is 12.3 Å². The van der Waals surface area contributed by atoms with Gasteiger partial charge in [-0.3, -0.25) is 0 Å². The van der Waals surface area contributed by atoms with Crippen molar-refractivity contribution < 1.29 is 0 Å². The maximum absolute atomic E-state index is 5.58. The first-order chi connectivity index (χ1) is 5.22. The third-order valence-corrected chi connectivity index (χ3v) is 1.69. The van der Waals surface area contributed by atoms with Gasteiger partial charge in [-0.2, -0.15) is 0 Å². The Hall–Kier alpha value is -0.500. The number of imidazole rings is 1. The molecule has 1 aromatic rings. The van der Waals surface area contributed by atoms with E-state index in [1.807, 2.05) is 6.20 Å². The Morgan fingerprint density at radius 2 is 2.36 bits per heavy atom. The molecule has 0 spiro atoms. The zero-order chi connectivity index (χ0) is 8.27. The summed E-state index contributed by atoms with van der Waals surface area (Å²) in [5.41, 5.74) is 1.18. The number of aromatic amines is 1. The highest BCUT2D eigenvalue weighted by Gasteiger charge is 2.00. The largest absolute Gasteiger partial charge is 0.345 e. The zero-order valence-corrected chi connectivity index (χ0v) is 7.65. The number of halogens is 1. The zero-order valence-electron chi connectivity index (χ0n) is 6.89. The molecule has 1 heterocycles. The molecule has 0 bridgehead atoms. The Bertz CT molecular complexity index is 218. The van der Waals surface area contributed by atoms with E-state index < -0.39 is 0 Å². The second-order valence-electron chi connectivity index (χ2n) is 3.09.